The van der Waals surface area contributed by atoms with Crippen LogP contribution in [0.5, 0.6) is 5.75 Å². The molecule has 7 nitrogen and oxygen atoms in total. The molecule has 1 fully saturated rings. The number of nitrogens with zero attached hydrogens (tertiary/aromatic N) is 1. The highest BCUT2D eigenvalue weighted by atomic mass is 16.5. The molecule has 0 radical (unpaired) electrons. The maximum atomic E-state index is 13.1. The number of hydrogen-bond donors (Lipinski definition) is 2. The van der Waals surface area contributed by atoms with Crippen LogP contribution in [-0.2, 0) is 9.59 Å². The van der Waals surface area contributed by atoms with Crippen molar-refractivity contribution in [2.75, 3.05) is 12.0 Å². The van der Waals surface area contributed by atoms with E-state index in [0.29, 0.717) is 22.6 Å². The number of anilines is 1. The Bertz CT molecular complexity index is 1210. The molecule has 0 saturated carbocycles. The zero-order valence-electron chi connectivity index (χ0n) is 17.1. The summed E-state index contributed by atoms with van der Waals surface area (Å²) in [5.41, 5.74) is 1.34. The molecule has 7 heteroatoms. The van der Waals surface area contributed by atoms with Gasteiger partial charge in [-0.3, -0.25) is 14.5 Å². The number of carbonyl (C=O) groups is 3. The number of carboxylic acids is 1. The molecule has 1 heterocycles. The van der Waals surface area contributed by atoms with E-state index in [0.717, 1.165) is 0 Å². The summed E-state index contributed by atoms with van der Waals surface area (Å²) in [5.74, 6) is -2.43. The lowest BCUT2D eigenvalue weighted by Gasteiger charge is -2.25. The number of Topliss-reactive ketones (excluding diaryl/α,β-unsaturated/α-hetero) is 1. The summed E-state index contributed by atoms with van der Waals surface area (Å²) in [6.45, 7) is 0. The third-order valence-electron chi connectivity index (χ3n) is 5.32. The first kappa shape index (κ1) is 20.9. The van der Waals surface area contributed by atoms with Gasteiger partial charge in [0.05, 0.1) is 24.3 Å². The minimum absolute atomic E-state index is 0.0475. The fourth-order valence-electron chi connectivity index (χ4n) is 3.72. The topological polar surface area (TPSA) is 104 Å². The Balaban J connectivity index is 1.90. The smallest absolute Gasteiger partial charge is 0.335 e. The quantitative estimate of drug-likeness (QED) is 0.361. The van der Waals surface area contributed by atoms with Gasteiger partial charge in [-0.05, 0) is 42.0 Å². The van der Waals surface area contributed by atoms with Crippen LogP contribution in [0, 0.1) is 0 Å². The molecule has 1 atom stereocenters. The summed E-state index contributed by atoms with van der Waals surface area (Å²) in [5, 5.41) is 20.2. The van der Waals surface area contributed by atoms with Crippen LogP contribution in [0.4, 0.5) is 5.69 Å². The number of aliphatic hydroxyl groups excluding tert-OH is 1. The van der Waals surface area contributed by atoms with E-state index in [2.05, 4.69) is 0 Å². The number of aromatic carboxylic acids is 1. The normalized spacial score (nSPS) is 17.4. The second kappa shape index (κ2) is 8.39. The lowest BCUT2D eigenvalue weighted by atomic mass is 9.95. The molecule has 0 unspecified atom stereocenters. The van der Waals surface area contributed by atoms with Crippen molar-refractivity contribution in [1.82, 2.24) is 0 Å². The first-order valence-corrected chi connectivity index (χ1v) is 9.76. The lowest BCUT2D eigenvalue weighted by molar-refractivity contribution is -0.132. The molecular formula is C25H19NO6. The molecule has 0 aromatic heterocycles. The summed E-state index contributed by atoms with van der Waals surface area (Å²) in [4.78, 5) is 38.6. The summed E-state index contributed by atoms with van der Waals surface area (Å²) < 4.78 is 5.20. The molecule has 1 aliphatic rings. The second-order valence-corrected chi connectivity index (χ2v) is 7.16. The van der Waals surface area contributed by atoms with Crippen molar-refractivity contribution >= 4 is 29.1 Å². The molecule has 3 aromatic carbocycles. The first-order chi connectivity index (χ1) is 15.4. The van der Waals surface area contributed by atoms with Crippen molar-refractivity contribution in [3.05, 3.63) is 101 Å². The second-order valence-electron chi connectivity index (χ2n) is 7.16. The number of carboxylic acid groups (broad SMARTS) is 1. The largest absolute Gasteiger partial charge is 0.507 e. The highest BCUT2D eigenvalue weighted by molar-refractivity contribution is 6.51. The van der Waals surface area contributed by atoms with Gasteiger partial charge in [-0.1, -0.05) is 42.5 Å². The predicted molar refractivity (Wildman–Crippen MR) is 118 cm³/mol. The van der Waals surface area contributed by atoms with Gasteiger partial charge in [0.1, 0.15) is 11.5 Å². The van der Waals surface area contributed by atoms with Gasteiger partial charge < -0.3 is 14.9 Å². The maximum absolute atomic E-state index is 13.1. The molecule has 0 bridgehead atoms. The van der Waals surface area contributed by atoms with E-state index in [1.807, 2.05) is 0 Å². The van der Waals surface area contributed by atoms with Gasteiger partial charge in [-0.15, -0.1) is 0 Å². The standard InChI is InChI=1S/C25H19NO6/c1-32-19-13-9-15(10-14-19)21-20(22(27)16-5-3-2-4-6-16)23(28)24(29)26(21)18-11-7-17(8-12-18)25(30)31/h2-14,21,27H,1H3,(H,30,31)/b22-20+/t21-/m1/s1. The van der Waals surface area contributed by atoms with Crippen molar-refractivity contribution in [2.45, 2.75) is 6.04 Å². The number of benzene rings is 3. The molecule has 160 valence electrons. The van der Waals surface area contributed by atoms with Crippen LogP contribution in [0.15, 0.2) is 84.4 Å². The number of ketones is 1. The number of amides is 1. The average Bonchev–Trinajstić information content (AvgIpc) is 3.09. The number of carbonyl (C=O) groups excluding carboxylic acids is 2. The molecule has 0 spiro atoms. The Labute approximate surface area is 183 Å². The van der Waals surface area contributed by atoms with E-state index in [4.69, 9.17) is 9.84 Å². The minimum Gasteiger partial charge on any atom is -0.507 e. The molecule has 1 aliphatic heterocycles. The predicted octanol–water partition coefficient (Wildman–Crippen LogP) is 4.02. The van der Waals surface area contributed by atoms with Gasteiger partial charge in [0, 0.05) is 11.3 Å². The fourth-order valence-corrected chi connectivity index (χ4v) is 3.72. The first-order valence-electron chi connectivity index (χ1n) is 9.76. The summed E-state index contributed by atoms with van der Waals surface area (Å²) in [6, 6.07) is 20.1. The number of methoxy groups -OCH3 is 1. The average molecular weight is 429 g/mol. The highest BCUT2D eigenvalue weighted by Crippen LogP contribution is 2.42. The molecule has 1 amide bonds. The summed E-state index contributed by atoms with van der Waals surface area (Å²) in [6.07, 6.45) is 0. The Morgan fingerprint density at radius 3 is 2.03 bits per heavy atom. The van der Waals surface area contributed by atoms with Crippen LogP contribution in [0.1, 0.15) is 27.5 Å². The Kier molecular flexibility index (Phi) is 5.47. The third-order valence-corrected chi connectivity index (χ3v) is 5.32. The Morgan fingerprint density at radius 1 is 0.844 bits per heavy atom. The van der Waals surface area contributed by atoms with Gasteiger partial charge in [0.15, 0.2) is 0 Å². The van der Waals surface area contributed by atoms with Crippen molar-refractivity contribution in [1.29, 1.82) is 0 Å². The summed E-state index contributed by atoms with van der Waals surface area (Å²) in [7, 11) is 1.53. The van der Waals surface area contributed by atoms with Crippen LogP contribution in [0.25, 0.3) is 5.76 Å². The number of rotatable bonds is 5. The summed E-state index contributed by atoms with van der Waals surface area (Å²) >= 11 is 0. The molecule has 4 rings (SSSR count). The van der Waals surface area contributed by atoms with E-state index in [-0.39, 0.29) is 16.9 Å². The van der Waals surface area contributed by atoms with Crippen LogP contribution in [0.2, 0.25) is 0 Å². The fraction of sp³-hybridized carbons (Fsp3) is 0.0800. The number of aliphatic hydroxyl groups is 1. The van der Waals surface area contributed by atoms with Crippen molar-refractivity contribution in [2.24, 2.45) is 0 Å². The van der Waals surface area contributed by atoms with Crippen LogP contribution in [0.3, 0.4) is 0 Å². The molecule has 3 aromatic rings. The Hall–Kier alpha value is -4.39. The van der Waals surface area contributed by atoms with E-state index in [1.54, 1.807) is 54.6 Å². The van der Waals surface area contributed by atoms with Gasteiger partial charge >= 0.3 is 5.97 Å². The van der Waals surface area contributed by atoms with Gasteiger partial charge in [0.2, 0.25) is 0 Å². The van der Waals surface area contributed by atoms with Crippen molar-refractivity contribution in [3.63, 3.8) is 0 Å². The van der Waals surface area contributed by atoms with Crippen LogP contribution >= 0.6 is 0 Å². The molecule has 0 aliphatic carbocycles. The highest BCUT2D eigenvalue weighted by Gasteiger charge is 2.47. The molecule has 1 saturated heterocycles. The van der Waals surface area contributed by atoms with Crippen molar-refractivity contribution < 1.29 is 29.3 Å². The molecule has 32 heavy (non-hydrogen) atoms. The number of hydrogen-bond acceptors (Lipinski definition) is 5. The zero-order chi connectivity index (χ0) is 22.8. The number of ether oxygens (including phenoxy) is 1. The van der Waals surface area contributed by atoms with Crippen LogP contribution in [-0.4, -0.2) is 35.0 Å². The third kappa shape index (κ3) is 3.60. The monoisotopic (exact) mass is 429 g/mol. The van der Waals surface area contributed by atoms with Gasteiger partial charge in [-0.2, -0.15) is 0 Å². The lowest BCUT2D eigenvalue weighted by Crippen LogP contribution is -2.29. The van der Waals surface area contributed by atoms with E-state index < -0.39 is 23.7 Å². The SMILES string of the molecule is COc1ccc([C@@H]2/C(=C(\O)c3ccccc3)C(=O)C(=O)N2c2ccc(C(=O)O)cc2)cc1. The van der Waals surface area contributed by atoms with Crippen LogP contribution < -0.4 is 9.64 Å². The molecular weight excluding hydrogens is 410 g/mol. The van der Waals surface area contributed by atoms with E-state index in [1.165, 1.54) is 36.3 Å². The zero-order valence-corrected chi connectivity index (χ0v) is 17.1. The maximum Gasteiger partial charge on any atom is 0.335 e. The Morgan fingerprint density at radius 2 is 1.47 bits per heavy atom. The van der Waals surface area contributed by atoms with Gasteiger partial charge in [0.25, 0.3) is 11.7 Å². The van der Waals surface area contributed by atoms with E-state index in [9.17, 15) is 19.5 Å². The minimum atomic E-state index is -1.10. The van der Waals surface area contributed by atoms with Crippen molar-refractivity contribution in [3.8, 4) is 5.75 Å². The molecule has 2 N–H and O–H groups in total. The van der Waals surface area contributed by atoms with E-state index >= 15 is 0 Å². The van der Waals surface area contributed by atoms with Gasteiger partial charge in [-0.25, -0.2) is 4.79 Å².